The molecule has 9 nitrogen and oxygen atoms in total. The number of carbonyl (C=O) groups excluding carboxylic acids is 3. The van der Waals surface area contributed by atoms with Gasteiger partial charge in [-0.1, -0.05) is 48.0 Å². The van der Waals surface area contributed by atoms with E-state index in [2.05, 4.69) is 0 Å². The zero-order chi connectivity index (χ0) is 27.5. The summed E-state index contributed by atoms with van der Waals surface area (Å²) in [6.07, 6.45) is 0.682. The van der Waals surface area contributed by atoms with Crippen molar-refractivity contribution < 1.29 is 33.3 Å². The summed E-state index contributed by atoms with van der Waals surface area (Å²) in [4.78, 5) is 44.7. The third kappa shape index (κ3) is 4.34. The molecule has 2 amide bonds. The molecule has 2 aromatic carbocycles. The first-order valence-electron chi connectivity index (χ1n) is 13.3. The van der Waals surface area contributed by atoms with Gasteiger partial charge in [-0.2, -0.15) is 0 Å². The van der Waals surface area contributed by atoms with Gasteiger partial charge in [0.2, 0.25) is 18.1 Å². The quantitative estimate of drug-likeness (QED) is 0.413. The fourth-order valence-electron chi connectivity index (χ4n) is 6.22. The summed E-state index contributed by atoms with van der Waals surface area (Å²) in [6.45, 7) is 7.75. The lowest BCUT2D eigenvalue weighted by Gasteiger charge is -2.33. The molecule has 3 fully saturated rings. The minimum absolute atomic E-state index is 0.153. The van der Waals surface area contributed by atoms with Crippen molar-refractivity contribution in [1.29, 1.82) is 0 Å². The highest BCUT2D eigenvalue weighted by Crippen LogP contribution is 2.49. The fourth-order valence-corrected chi connectivity index (χ4v) is 6.22. The Kier molecular flexibility index (Phi) is 6.32. The minimum Gasteiger partial charge on any atom is -0.465 e. The van der Waals surface area contributed by atoms with E-state index in [1.165, 1.54) is 4.90 Å². The van der Waals surface area contributed by atoms with Crippen molar-refractivity contribution in [2.24, 2.45) is 11.8 Å². The van der Waals surface area contributed by atoms with E-state index in [-0.39, 0.29) is 12.5 Å². The Morgan fingerprint density at radius 3 is 2.33 bits per heavy atom. The number of rotatable bonds is 6. The molecular weight excluding hydrogens is 500 g/mol. The van der Waals surface area contributed by atoms with Gasteiger partial charge in [0, 0.05) is 6.54 Å². The first-order chi connectivity index (χ1) is 18.7. The Bertz CT molecular complexity index is 1320. The smallest absolute Gasteiger partial charge is 0.324 e. The van der Waals surface area contributed by atoms with Gasteiger partial charge >= 0.3 is 5.97 Å². The molecule has 4 aliphatic rings. The number of hydrogen-bond acceptors (Lipinski definition) is 8. The third-order valence-electron chi connectivity index (χ3n) is 7.78. The molecule has 0 radical (unpaired) electrons. The van der Waals surface area contributed by atoms with Crippen molar-refractivity contribution in [3.05, 3.63) is 77.6 Å². The Balaban J connectivity index is 1.44. The topological polar surface area (TPSA) is 94.6 Å². The van der Waals surface area contributed by atoms with Gasteiger partial charge in [0.1, 0.15) is 17.9 Å². The second-order valence-corrected chi connectivity index (χ2v) is 10.9. The Morgan fingerprint density at radius 2 is 1.67 bits per heavy atom. The van der Waals surface area contributed by atoms with Gasteiger partial charge in [0.15, 0.2) is 5.79 Å². The molecule has 9 heteroatoms. The second kappa shape index (κ2) is 9.59. The Hall–Kier alpha value is -3.53. The van der Waals surface area contributed by atoms with Crippen LogP contribution in [0.15, 0.2) is 66.4 Å². The Morgan fingerprint density at radius 1 is 0.974 bits per heavy atom. The summed E-state index contributed by atoms with van der Waals surface area (Å²) in [5, 5.41) is 0. The number of benzene rings is 2. The predicted octanol–water partition coefficient (Wildman–Crippen LogP) is 3.31. The van der Waals surface area contributed by atoms with E-state index >= 15 is 0 Å². The first kappa shape index (κ1) is 25.7. The lowest BCUT2D eigenvalue weighted by molar-refractivity contribution is -0.184. The molecule has 4 heterocycles. The number of likely N-dealkylation sites (tertiary alicyclic amines) is 1. The summed E-state index contributed by atoms with van der Waals surface area (Å²) in [7, 11) is 0. The number of ether oxygens (including phenoxy) is 4. The average molecular weight is 533 g/mol. The van der Waals surface area contributed by atoms with Crippen LogP contribution in [0.3, 0.4) is 0 Å². The molecule has 2 aromatic rings. The van der Waals surface area contributed by atoms with Crippen LogP contribution in [-0.4, -0.2) is 59.6 Å². The standard InChI is InChI=1S/C30H32N2O7/c1-5-36-28(35)25-23-22(26(33)32(27(23)34)19-13-11-17(2)12-14-19)24(31(25)16-18-9-7-6-8-10-18)20-15-21-29(37-20)39-30(3,4)38-21/h6-15,21-25,29H,5,16H2,1-4H3/t21-,22-,23+,24+,25-,29-/m1/s1. The van der Waals surface area contributed by atoms with Gasteiger partial charge in [-0.3, -0.25) is 19.3 Å². The van der Waals surface area contributed by atoms with Gasteiger partial charge < -0.3 is 18.9 Å². The highest BCUT2D eigenvalue weighted by Gasteiger charge is 2.66. The van der Waals surface area contributed by atoms with Gasteiger partial charge in [0.25, 0.3) is 0 Å². The van der Waals surface area contributed by atoms with Crippen molar-refractivity contribution >= 4 is 23.5 Å². The van der Waals surface area contributed by atoms with E-state index in [4.69, 9.17) is 18.9 Å². The van der Waals surface area contributed by atoms with Crippen molar-refractivity contribution in [1.82, 2.24) is 4.90 Å². The van der Waals surface area contributed by atoms with E-state index < -0.39 is 54.0 Å². The number of aryl methyl sites for hydroxylation is 1. The molecule has 204 valence electrons. The maximum absolute atomic E-state index is 14.1. The van der Waals surface area contributed by atoms with Crippen molar-refractivity contribution in [2.75, 3.05) is 11.5 Å². The maximum Gasteiger partial charge on any atom is 0.324 e. The summed E-state index contributed by atoms with van der Waals surface area (Å²) in [6, 6.07) is 15.2. The number of nitrogens with zero attached hydrogens (tertiary/aromatic N) is 2. The molecule has 0 saturated carbocycles. The summed E-state index contributed by atoms with van der Waals surface area (Å²) >= 11 is 0. The summed E-state index contributed by atoms with van der Waals surface area (Å²) in [5.41, 5.74) is 2.42. The maximum atomic E-state index is 14.1. The van der Waals surface area contributed by atoms with Gasteiger partial charge in [-0.15, -0.1) is 0 Å². The van der Waals surface area contributed by atoms with Crippen LogP contribution in [0.4, 0.5) is 5.69 Å². The molecule has 4 aliphatic heterocycles. The van der Waals surface area contributed by atoms with E-state index in [1.807, 2.05) is 74.2 Å². The molecule has 3 saturated heterocycles. The van der Waals surface area contributed by atoms with Crippen LogP contribution in [0.25, 0.3) is 0 Å². The van der Waals surface area contributed by atoms with Crippen LogP contribution in [0, 0.1) is 18.8 Å². The SMILES string of the molecule is CCOC(=O)[C@H]1[C@H]2C(=O)N(c3ccc(C)cc3)C(=O)[C@H]2[C@H](C2=C[C@H]3OC(C)(C)O[C@H]3O2)N1Cc1ccccc1. The van der Waals surface area contributed by atoms with E-state index in [0.29, 0.717) is 18.0 Å². The van der Waals surface area contributed by atoms with Gasteiger partial charge in [-0.05, 0) is 51.5 Å². The van der Waals surface area contributed by atoms with Crippen LogP contribution in [-0.2, 0) is 39.9 Å². The molecule has 0 bridgehead atoms. The molecule has 0 aliphatic carbocycles. The highest BCUT2D eigenvalue weighted by atomic mass is 16.8. The van der Waals surface area contributed by atoms with Crippen LogP contribution >= 0.6 is 0 Å². The molecule has 0 aromatic heterocycles. The molecule has 0 spiro atoms. The van der Waals surface area contributed by atoms with Gasteiger partial charge in [-0.25, -0.2) is 4.90 Å². The number of esters is 1. The Labute approximate surface area is 227 Å². The number of amides is 2. The zero-order valence-corrected chi connectivity index (χ0v) is 22.4. The number of carbonyl (C=O) groups is 3. The lowest BCUT2D eigenvalue weighted by atomic mass is 9.88. The van der Waals surface area contributed by atoms with Crippen molar-refractivity contribution in [2.45, 2.75) is 64.5 Å². The van der Waals surface area contributed by atoms with E-state index in [0.717, 1.165) is 11.1 Å². The van der Waals surface area contributed by atoms with Crippen molar-refractivity contribution in [3.8, 4) is 0 Å². The molecule has 0 N–H and O–H groups in total. The number of anilines is 1. The van der Waals surface area contributed by atoms with Crippen molar-refractivity contribution in [3.63, 3.8) is 0 Å². The van der Waals surface area contributed by atoms with Crippen LogP contribution in [0.1, 0.15) is 31.9 Å². The second-order valence-electron chi connectivity index (χ2n) is 10.9. The number of fused-ring (bicyclic) bond motifs is 2. The van der Waals surface area contributed by atoms with Crippen LogP contribution in [0.5, 0.6) is 0 Å². The largest absolute Gasteiger partial charge is 0.465 e. The number of hydrogen-bond donors (Lipinski definition) is 0. The average Bonchev–Trinajstić information content (AvgIpc) is 3.57. The summed E-state index contributed by atoms with van der Waals surface area (Å²) < 4.78 is 23.6. The highest BCUT2D eigenvalue weighted by molar-refractivity contribution is 6.23. The molecule has 6 atom stereocenters. The molecule has 6 rings (SSSR count). The normalized spacial score (nSPS) is 31.2. The minimum atomic E-state index is -0.977. The zero-order valence-electron chi connectivity index (χ0n) is 22.4. The van der Waals surface area contributed by atoms with Crippen LogP contribution < -0.4 is 4.90 Å². The summed E-state index contributed by atoms with van der Waals surface area (Å²) in [5.74, 6) is -3.46. The van der Waals surface area contributed by atoms with Gasteiger partial charge in [0.05, 0.1) is 30.2 Å². The monoisotopic (exact) mass is 532 g/mol. The van der Waals surface area contributed by atoms with Crippen LogP contribution in [0.2, 0.25) is 0 Å². The predicted molar refractivity (Wildman–Crippen MR) is 140 cm³/mol. The lowest BCUT2D eigenvalue weighted by Crippen LogP contribution is -2.49. The fraction of sp³-hybridized carbons (Fsp3) is 0.433. The first-order valence-corrected chi connectivity index (χ1v) is 13.3. The molecular formula is C30H32N2O7. The number of imide groups is 1. The van der Waals surface area contributed by atoms with E-state index in [1.54, 1.807) is 19.1 Å². The molecule has 0 unspecified atom stereocenters. The third-order valence-corrected chi connectivity index (χ3v) is 7.78. The van der Waals surface area contributed by atoms with E-state index in [9.17, 15) is 14.4 Å². The molecule has 39 heavy (non-hydrogen) atoms.